The summed E-state index contributed by atoms with van der Waals surface area (Å²) in [4.78, 5) is 23.9. The summed E-state index contributed by atoms with van der Waals surface area (Å²) in [5.74, 6) is -0.376. The summed E-state index contributed by atoms with van der Waals surface area (Å²) in [6.45, 7) is 5.88. The van der Waals surface area contributed by atoms with Gasteiger partial charge in [0.2, 0.25) is 5.91 Å². The van der Waals surface area contributed by atoms with Gasteiger partial charge in [-0.25, -0.2) is 0 Å². The molecular formula is C11H17NO3. The van der Waals surface area contributed by atoms with E-state index in [-0.39, 0.29) is 17.9 Å². The van der Waals surface area contributed by atoms with Gasteiger partial charge in [0.25, 0.3) is 0 Å². The first-order valence-electron chi connectivity index (χ1n) is 5.21. The molecule has 1 unspecified atom stereocenters. The van der Waals surface area contributed by atoms with Gasteiger partial charge in [-0.15, -0.1) is 0 Å². The van der Waals surface area contributed by atoms with Gasteiger partial charge in [0.15, 0.2) is 0 Å². The van der Waals surface area contributed by atoms with Crippen molar-refractivity contribution in [2.24, 2.45) is 0 Å². The molecule has 0 radical (unpaired) electrons. The molecule has 1 aliphatic rings. The maximum absolute atomic E-state index is 11.5. The van der Waals surface area contributed by atoms with Crippen molar-refractivity contribution in [2.45, 2.75) is 32.2 Å². The monoisotopic (exact) mass is 211 g/mol. The van der Waals surface area contributed by atoms with Gasteiger partial charge in [-0.05, 0) is 25.3 Å². The molecule has 4 nitrogen and oxygen atoms in total. The van der Waals surface area contributed by atoms with E-state index in [1.165, 1.54) is 13.0 Å². The Labute approximate surface area is 89.9 Å². The summed E-state index contributed by atoms with van der Waals surface area (Å²) in [6.07, 6.45) is 4.29. The molecule has 4 heteroatoms. The Morgan fingerprint density at radius 1 is 1.53 bits per heavy atom. The SMILES string of the molecule is C=CC(=O)N1CCCCC1COC(C)=O. The van der Waals surface area contributed by atoms with Gasteiger partial charge < -0.3 is 9.64 Å². The predicted molar refractivity (Wildman–Crippen MR) is 56.2 cm³/mol. The van der Waals surface area contributed by atoms with E-state index in [0.29, 0.717) is 6.61 Å². The second-order valence-electron chi connectivity index (χ2n) is 3.69. The lowest BCUT2D eigenvalue weighted by atomic mass is 10.0. The van der Waals surface area contributed by atoms with Crippen LogP contribution in [0.15, 0.2) is 12.7 Å². The van der Waals surface area contributed by atoms with Crippen molar-refractivity contribution < 1.29 is 14.3 Å². The molecule has 0 spiro atoms. The molecule has 1 atom stereocenters. The third-order valence-corrected chi connectivity index (χ3v) is 2.56. The molecule has 0 saturated carbocycles. The number of carbonyl (C=O) groups is 2. The zero-order chi connectivity index (χ0) is 11.3. The van der Waals surface area contributed by atoms with Crippen LogP contribution >= 0.6 is 0 Å². The fourth-order valence-electron chi connectivity index (χ4n) is 1.79. The molecular weight excluding hydrogens is 194 g/mol. The number of amides is 1. The summed E-state index contributed by atoms with van der Waals surface area (Å²) in [6, 6.07) is 0.0214. The van der Waals surface area contributed by atoms with E-state index in [2.05, 4.69) is 6.58 Å². The quantitative estimate of drug-likeness (QED) is 0.519. The van der Waals surface area contributed by atoms with Gasteiger partial charge in [0.1, 0.15) is 6.61 Å². The summed E-state index contributed by atoms with van der Waals surface area (Å²) in [7, 11) is 0. The van der Waals surface area contributed by atoms with E-state index in [9.17, 15) is 9.59 Å². The van der Waals surface area contributed by atoms with Crippen molar-refractivity contribution in [3.05, 3.63) is 12.7 Å². The van der Waals surface area contributed by atoms with Crippen LogP contribution in [-0.4, -0.2) is 36.0 Å². The van der Waals surface area contributed by atoms with Crippen LogP contribution in [0.4, 0.5) is 0 Å². The number of nitrogens with zero attached hydrogens (tertiary/aromatic N) is 1. The number of rotatable bonds is 3. The zero-order valence-electron chi connectivity index (χ0n) is 9.07. The topological polar surface area (TPSA) is 46.6 Å². The lowest BCUT2D eigenvalue weighted by molar-refractivity contribution is -0.146. The van der Waals surface area contributed by atoms with Crippen molar-refractivity contribution in [3.8, 4) is 0 Å². The van der Waals surface area contributed by atoms with E-state index >= 15 is 0 Å². The minimum atomic E-state index is -0.299. The number of hydrogen-bond acceptors (Lipinski definition) is 3. The highest BCUT2D eigenvalue weighted by atomic mass is 16.5. The Morgan fingerprint density at radius 2 is 2.27 bits per heavy atom. The Bertz CT molecular complexity index is 263. The molecule has 0 N–H and O–H groups in total. The number of hydrogen-bond donors (Lipinski definition) is 0. The van der Waals surface area contributed by atoms with E-state index in [4.69, 9.17) is 4.74 Å². The summed E-state index contributed by atoms with van der Waals surface area (Å²) >= 11 is 0. The van der Waals surface area contributed by atoms with Crippen LogP contribution in [0.2, 0.25) is 0 Å². The lowest BCUT2D eigenvalue weighted by Gasteiger charge is -2.34. The normalized spacial score (nSPS) is 20.9. The maximum Gasteiger partial charge on any atom is 0.302 e. The molecule has 0 aromatic carbocycles. The Hall–Kier alpha value is -1.32. The van der Waals surface area contributed by atoms with E-state index in [1.54, 1.807) is 4.90 Å². The molecule has 1 rings (SSSR count). The van der Waals surface area contributed by atoms with E-state index in [1.807, 2.05) is 0 Å². The molecule has 0 aromatic rings. The third-order valence-electron chi connectivity index (χ3n) is 2.56. The van der Waals surface area contributed by atoms with Gasteiger partial charge in [-0.3, -0.25) is 9.59 Å². The van der Waals surface area contributed by atoms with Crippen molar-refractivity contribution in [2.75, 3.05) is 13.2 Å². The minimum Gasteiger partial charge on any atom is -0.464 e. The highest BCUT2D eigenvalue weighted by molar-refractivity contribution is 5.87. The van der Waals surface area contributed by atoms with E-state index in [0.717, 1.165) is 25.8 Å². The molecule has 0 aromatic heterocycles. The average Bonchev–Trinajstić information content (AvgIpc) is 2.25. The first-order valence-corrected chi connectivity index (χ1v) is 5.21. The van der Waals surface area contributed by atoms with Crippen LogP contribution < -0.4 is 0 Å². The summed E-state index contributed by atoms with van der Waals surface area (Å²) in [5.41, 5.74) is 0. The molecule has 1 aliphatic heterocycles. The molecule has 1 saturated heterocycles. The number of carbonyl (C=O) groups excluding carboxylic acids is 2. The molecule has 1 heterocycles. The fourth-order valence-corrected chi connectivity index (χ4v) is 1.79. The average molecular weight is 211 g/mol. The Morgan fingerprint density at radius 3 is 2.87 bits per heavy atom. The van der Waals surface area contributed by atoms with Gasteiger partial charge in [0, 0.05) is 13.5 Å². The summed E-state index contributed by atoms with van der Waals surface area (Å²) in [5, 5.41) is 0. The second-order valence-corrected chi connectivity index (χ2v) is 3.69. The molecule has 15 heavy (non-hydrogen) atoms. The largest absolute Gasteiger partial charge is 0.464 e. The van der Waals surface area contributed by atoms with E-state index < -0.39 is 0 Å². The maximum atomic E-state index is 11.5. The highest BCUT2D eigenvalue weighted by Crippen LogP contribution is 2.17. The molecule has 0 bridgehead atoms. The number of likely N-dealkylation sites (tertiary alicyclic amines) is 1. The smallest absolute Gasteiger partial charge is 0.302 e. The van der Waals surface area contributed by atoms with Crippen molar-refractivity contribution >= 4 is 11.9 Å². The van der Waals surface area contributed by atoms with Crippen molar-refractivity contribution in [1.29, 1.82) is 0 Å². The van der Waals surface area contributed by atoms with Gasteiger partial charge in [-0.1, -0.05) is 6.58 Å². The standard InChI is InChI=1S/C11H17NO3/c1-3-11(14)12-7-5-4-6-10(12)8-15-9(2)13/h3,10H,1,4-8H2,2H3. The second kappa shape index (κ2) is 5.53. The van der Waals surface area contributed by atoms with Crippen LogP contribution in [0.3, 0.4) is 0 Å². The Balaban J connectivity index is 2.53. The first-order chi connectivity index (χ1) is 7.15. The lowest BCUT2D eigenvalue weighted by Crippen LogP contribution is -2.45. The number of piperidine rings is 1. The Kier molecular flexibility index (Phi) is 4.34. The van der Waals surface area contributed by atoms with Crippen LogP contribution in [0.5, 0.6) is 0 Å². The van der Waals surface area contributed by atoms with Crippen LogP contribution in [0.1, 0.15) is 26.2 Å². The van der Waals surface area contributed by atoms with Gasteiger partial charge >= 0.3 is 5.97 Å². The number of esters is 1. The van der Waals surface area contributed by atoms with Gasteiger partial charge in [0.05, 0.1) is 6.04 Å². The van der Waals surface area contributed by atoms with Crippen molar-refractivity contribution in [1.82, 2.24) is 4.90 Å². The minimum absolute atomic E-state index is 0.0214. The molecule has 84 valence electrons. The van der Waals surface area contributed by atoms with Crippen LogP contribution in [-0.2, 0) is 14.3 Å². The van der Waals surface area contributed by atoms with Crippen molar-refractivity contribution in [3.63, 3.8) is 0 Å². The molecule has 0 aliphatic carbocycles. The number of ether oxygens (including phenoxy) is 1. The summed E-state index contributed by atoms with van der Waals surface area (Å²) < 4.78 is 4.94. The molecule has 1 fully saturated rings. The predicted octanol–water partition coefficient (Wildman–Crippen LogP) is 1.12. The highest BCUT2D eigenvalue weighted by Gasteiger charge is 2.25. The zero-order valence-corrected chi connectivity index (χ0v) is 9.07. The van der Waals surface area contributed by atoms with Crippen LogP contribution in [0, 0.1) is 0 Å². The molecule has 1 amide bonds. The van der Waals surface area contributed by atoms with Crippen LogP contribution in [0.25, 0.3) is 0 Å². The third kappa shape index (κ3) is 3.38. The van der Waals surface area contributed by atoms with Gasteiger partial charge in [-0.2, -0.15) is 0 Å². The first kappa shape index (κ1) is 11.8. The fraction of sp³-hybridized carbons (Fsp3) is 0.636.